The number of nitrogens with zero attached hydrogens (tertiary/aromatic N) is 1. The van der Waals surface area contributed by atoms with E-state index in [2.05, 4.69) is 4.72 Å². The summed E-state index contributed by atoms with van der Waals surface area (Å²) in [6.45, 7) is 1.78. The van der Waals surface area contributed by atoms with E-state index < -0.39 is 14.9 Å². The van der Waals surface area contributed by atoms with Crippen molar-refractivity contribution in [2.75, 3.05) is 7.05 Å². The molecule has 0 aromatic heterocycles. The largest absolute Gasteiger partial charge is 0.278 e. The Labute approximate surface area is 110 Å². The van der Waals surface area contributed by atoms with Gasteiger partial charge in [-0.05, 0) is 31.0 Å². The van der Waals surface area contributed by atoms with Gasteiger partial charge < -0.3 is 0 Å². The summed E-state index contributed by atoms with van der Waals surface area (Å²) in [5.74, 6) is 0. The molecule has 2 aromatic carbocycles. The number of rotatable bonds is 3. The van der Waals surface area contributed by atoms with E-state index in [4.69, 9.17) is 0 Å². The number of benzene rings is 2. The Morgan fingerprint density at radius 1 is 1.21 bits per heavy atom. The monoisotopic (exact) mass is 280 g/mol. The molecule has 2 rings (SSSR count). The molecule has 0 radical (unpaired) electrons. The molecule has 0 bridgehead atoms. The Morgan fingerprint density at radius 3 is 2.47 bits per heavy atom. The molecule has 7 heteroatoms. The SMILES string of the molecule is CNS(=O)(=O)c1ccc(C)c2cccc([N+](=O)[O-])c12. The molecular weight excluding hydrogens is 268 g/mol. The second-order valence-corrected chi connectivity index (χ2v) is 5.90. The number of non-ortho nitro benzene ring substituents is 1. The first-order valence-electron chi connectivity index (χ1n) is 5.49. The minimum absolute atomic E-state index is 0.0806. The van der Waals surface area contributed by atoms with Gasteiger partial charge in [0.05, 0.1) is 15.2 Å². The zero-order valence-corrected chi connectivity index (χ0v) is 11.2. The van der Waals surface area contributed by atoms with Crippen LogP contribution in [0.15, 0.2) is 35.2 Å². The standard InChI is InChI=1S/C12H12N2O4S/c1-8-6-7-11(19(17,18)13-2)12-9(8)4-3-5-10(12)14(15)16/h3-7,13H,1-2H3. The lowest BCUT2D eigenvalue weighted by atomic mass is 10.0. The predicted octanol–water partition coefficient (Wildman–Crippen LogP) is 1.96. The second kappa shape index (κ2) is 4.60. The van der Waals surface area contributed by atoms with Crippen LogP contribution in [0.4, 0.5) is 5.69 Å². The zero-order chi connectivity index (χ0) is 14.2. The highest BCUT2D eigenvalue weighted by atomic mass is 32.2. The molecule has 0 fully saturated rings. The maximum absolute atomic E-state index is 12.0. The number of hydrogen-bond donors (Lipinski definition) is 1. The molecule has 100 valence electrons. The highest BCUT2D eigenvalue weighted by molar-refractivity contribution is 7.89. The maximum Gasteiger partial charge on any atom is 0.278 e. The fraction of sp³-hybridized carbons (Fsp3) is 0.167. The number of nitro groups is 1. The molecule has 0 spiro atoms. The lowest BCUT2D eigenvalue weighted by Gasteiger charge is -2.09. The predicted molar refractivity (Wildman–Crippen MR) is 71.6 cm³/mol. The lowest BCUT2D eigenvalue weighted by Crippen LogP contribution is -2.19. The molecule has 0 heterocycles. The van der Waals surface area contributed by atoms with Crippen molar-refractivity contribution in [1.29, 1.82) is 0 Å². The quantitative estimate of drug-likeness (QED) is 0.687. The number of hydrogen-bond acceptors (Lipinski definition) is 4. The van der Waals surface area contributed by atoms with Gasteiger partial charge in [0.1, 0.15) is 0 Å². The number of sulfonamides is 1. The van der Waals surface area contributed by atoms with Crippen molar-refractivity contribution >= 4 is 26.5 Å². The van der Waals surface area contributed by atoms with Crippen molar-refractivity contribution in [2.24, 2.45) is 0 Å². The van der Waals surface area contributed by atoms with Crippen molar-refractivity contribution in [1.82, 2.24) is 4.72 Å². The van der Waals surface area contributed by atoms with Crippen molar-refractivity contribution in [3.63, 3.8) is 0 Å². The average molecular weight is 280 g/mol. The third-order valence-corrected chi connectivity index (χ3v) is 4.41. The minimum Gasteiger partial charge on any atom is -0.258 e. The average Bonchev–Trinajstić information content (AvgIpc) is 2.38. The molecule has 0 saturated carbocycles. The molecule has 2 aromatic rings. The number of fused-ring (bicyclic) bond motifs is 1. The van der Waals surface area contributed by atoms with E-state index in [1.165, 1.54) is 19.2 Å². The van der Waals surface area contributed by atoms with E-state index in [1.54, 1.807) is 25.1 Å². The molecule has 0 aliphatic carbocycles. The molecule has 0 amide bonds. The second-order valence-electron chi connectivity index (χ2n) is 4.04. The van der Waals surface area contributed by atoms with E-state index in [-0.39, 0.29) is 16.0 Å². The van der Waals surface area contributed by atoms with Gasteiger partial charge in [-0.1, -0.05) is 18.2 Å². The first kappa shape index (κ1) is 13.4. The third-order valence-electron chi connectivity index (χ3n) is 2.95. The first-order valence-corrected chi connectivity index (χ1v) is 6.97. The van der Waals surface area contributed by atoms with Gasteiger partial charge in [-0.3, -0.25) is 10.1 Å². The topological polar surface area (TPSA) is 89.3 Å². The normalized spacial score (nSPS) is 11.7. The van der Waals surface area contributed by atoms with E-state index >= 15 is 0 Å². The summed E-state index contributed by atoms with van der Waals surface area (Å²) in [7, 11) is -2.48. The smallest absolute Gasteiger partial charge is 0.258 e. The Hall–Kier alpha value is -1.99. The van der Waals surface area contributed by atoms with Crippen LogP contribution in [0.25, 0.3) is 10.8 Å². The van der Waals surface area contributed by atoms with Crippen LogP contribution in [0.3, 0.4) is 0 Å². The van der Waals surface area contributed by atoms with Crippen LogP contribution in [-0.2, 0) is 10.0 Å². The number of aryl methyl sites for hydroxylation is 1. The van der Waals surface area contributed by atoms with Gasteiger partial charge in [0.25, 0.3) is 5.69 Å². The van der Waals surface area contributed by atoms with E-state index in [1.807, 2.05) is 0 Å². The van der Waals surface area contributed by atoms with Gasteiger partial charge >= 0.3 is 0 Å². The first-order chi connectivity index (χ1) is 8.88. The fourth-order valence-electron chi connectivity index (χ4n) is 1.99. The summed E-state index contributed by atoms with van der Waals surface area (Å²) < 4.78 is 26.1. The third kappa shape index (κ3) is 2.18. The molecular formula is C12H12N2O4S. The van der Waals surface area contributed by atoms with Gasteiger partial charge in [-0.15, -0.1) is 0 Å². The molecule has 0 aliphatic heterocycles. The van der Waals surface area contributed by atoms with Crippen LogP contribution in [0.1, 0.15) is 5.56 Å². The van der Waals surface area contributed by atoms with Crippen molar-refractivity contribution in [2.45, 2.75) is 11.8 Å². The molecule has 0 atom stereocenters. The van der Waals surface area contributed by atoms with Gasteiger partial charge in [-0.25, -0.2) is 13.1 Å². The summed E-state index contributed by atoms with van der Waals surface area (Å²) in [4.78, 5) is 10.4. The lowest BCUT2D eigenvalue weighted by molar-refractivity contribution is -0.383. The Morgan fingerprint density at radius 2 is 1.89 bits per heavy atom. The van der Waals surface area contributed by atoms with Gasteiger partial charge in [0, 0.05) is 6.07 Å². The van der Waals surface area contributed by atoms with Gasteiger partial charge in [0.2, 0.25) is 10.0 Å². The van der Waals surface area contributed by atoms with Crippen LogP contribution >= 0.6 is 0 Å². The molecule has 0 saturated heterocycles. The minimum atomic E-state index is -3.75. The Bertz CT molecular complexity index is 769. The Kier molecular flexibility index (Phi) is 3.25. The molecule has 19 heavy (non-hydrogen) atoms. The van der Waals surface area contributed by atoms with Crippen molar-refractivity contribution in [3.05, 3.63) is 46.0 Å². The van der Waals surface area contributed by atoms with Crippen LogP contribution in [0.5, 0.6) is 0 Å². The Balaban J connectivity index is 3.02. The molecule has 1 N–H and O–H groups in total. The molecule has 0 aliphatic rings. The van der Waals surface area contributed by atoms with E-state index in [0.29, 0.717) is 5.39 Å². The zero-order valence-electron chi connectivity index (χ0n) is 10.4. The van der Waals surface area contributed by atoms with E-state index in [0.717, 1.165) is 5.56 Å². The van der Waals surface area contributed by atoms with Crippen molar-refractivity contribution in [3.8, 4) is 0 Å². The molecule has 6 nitrogen and oxygen atoms in total. The van der Waals surface area contributed by atoms with Crippen molar-refractivity contribution < 1.29 is 13.3 Å². The highest BCUT2D eigenvalue weighted by Crippen LogP contribution is 2.33. The van der Waals surface area contributed by atoms with Crippen LogP contribution < -0.4 is 4.72 Å². The summed E-state index contributed by atoms with van der Waals surface area (Å²) in [5, 5.41) is 11.8. The maximum atomic E-state index is 12.0. The van der Waals surface area contributed by atoms with Gasteiger partial charge in [0.15, 0.2) is 0 Å². The van der Waals surface area contributed by atoms with Crippen LogP contribution in [0.2, 0.25) is 0 Å². The summed E-state index contributed by atoms with van der Waals surface area (Å²) in [5.41, 5.74) is 0.573. The summed E-state index contributed by atoms with van der Waals surface area (Å²) >= 11 is 0. The summed E-state index contributed by atoms with van der Waals surface area (Å²) in [6, 6.07) is 7.54. The number of nitrogens with one attached hydrogen (secondary N) is 1. The van der Waals surface area contributed by atoms with Gasteiger partial charge in [-0.2, -0.15) is 0 Å². The number of nitro benzene ring substituents is 1. The van der Waals surface area contributed by atoms with E-state index in [9.17, 15) is 18.5 Å². The summed E-state index contributed by atoms with van der Waals surface area (Å²) in [6.07, 6.45) is 0. The van der Waals surface area contributed by atoms with Crippen LogP contribution in [-0.4, -0.2) is 20.4 Å². The molecule has 0 unspecified atom stereocenters. The fourth-order valence-corrected chi connectivity index (χ4v) is 2.94. The highest BCUT2D eigenvalue weighted by Gasteiger charge is 2.23. The van der Waals surface area contributed by atoms with Crippen LogP contribution in [0, 0.1) is 17.0 Å².